The SMILES string of the molecule is N#Cc1ccccc1C[C@@H](NC(=O)CCc1ccccc1)C(=O)O. The van der Waals surface area contributed by atoms with Gasteiger partial charge in [-0.15, -0.1) is 0 Å². The van der Waals surface area contributed by atoms with Crippen molar-refractivity contribution >= 4 is 11.9 Å². The van der Waals surface area contributed by atoms with E-state index in [9.17, 15) is 14.7 Å². The molecular weight excluding hydrogens is 304 g/mol. The molecule has 2 aromatic carbocycles. The Bertz CT molecular complexity index is 751. The molecule has 0 bridgehead atoms. The lowest BCUT2D eigenvalue weighted by Gasteiger charge is -2.15. The summed E-state index contributed by atoms with van der Waals surface area (Å²) in [6.45, 7) is 0. The van der Waals surface area contributed by atoms with E-state index < -0.39 is 12.0 Å². The Morgan fingerprint density at radius 1 is 1.08 bits per heavy atom. The first-order chi connectivity index (χ1) is 11.6. The van der Waals surface area contributed by atoms with Crippen LogP contribution in [-0.4, -0.2) is 23.0 Å². The lowest BCUT2D eigenvalue weighted by Crippen LogP contribution is -2.42. The Balaban J connectivity index is 1.97. The number of nitrogens with zero attached hydrogens (tertiary/aromatic N) is 1. The molecule has 0 unspecified atom stereocenters. The van der Waals surface area contributed by atoms with Crippen molar-refractivity contribution in [3.05, 3.63) is 71.3 Å². The smallest absolute Gasteiger partial charge is 0.326 e. The lowest BCUT2D eigenvalue weighted by atomic mass is 10.0. The van der Waals surface area contributed by atoms with Gasteiger partial charge in [0.05, 0.1) is 11.6 Å². The number of amides is 1. The van der Waals surface area contributed by atoms with Gasteiger partial charge in [-0.05, 0) is 23.6 Å². The molecule has 2 rings (SSSR count). The fraction of sp³-hybridized carbons (Fsp3) is 0.211. The summed E-state index contributed by atoms with van der Waals surface area (Å²) in [5, 5.41) is 21.0. The van der Waals surface area contributed by atoms with Gasteiger partial charge in [-0.25, -0.2) is 4.79 Å². The highest BCUT2D eigenvalue weighted by Crippen LogP contribution is 2.11. The molecule has 0 radical (unpaired) electrons. The molecule has 5 heteroatoms. The molecule has 2 N–H and O–H groups in total. The molecule has 122 valence electrons. The molecule has 0 saturated carbocycles. The minimum absolute atomic E-state index is 0.0795. The van der Waals surface area contributed by atoms with Crippen molar-refractivity contribution in [1.29, 1.82) is 5.26 Å². The number of nitrogens with one attached hydrogen (secondary N) is 1. The van der Waals surface area contributed by atoms with Crippen LogP contribution in [-0.2, 0) is 22.4 Å². The first-order valence-corrected chi connectivity index (χ1v) is 7.64. The van der Waals surface area contributed by atoms with Crippen LogP contribution in [0.3, 0.4) is 0 Å². The highest BCUT2D eigenvalue weighted by Gasteiger charge is 2.21. The summed E-state index contributed by atoms with van der Waals surface area (Å²) in [5.74, 6) is -1.43. The van der Waals surface area contributed by atoms with Crippen LogP contribution in [0.15, 0.2) is 54.6 Å². The number of benzene rings is 2. The van der Waals surface area contributed by atoms with E-state index in [0.717, 1.165) is 5.56 Å². The first kappa shape index (κ1) is 17.2. The second-order valence-corrected chi connectivity index (χ2v) is 5.42. The molecule has 0 fully saturated rings. The number of nitriles is 1. The highest BCUT2D eigenvalue weighted by molar-refractivity contribution is 5.83. The Hall–Kier alpha value is -3.13. The summed E-state index contributed by atoms with van der Waals surface area (Å²) in [5.41, 5.74) is 2.05. The van der Waals surface area contributed by atoms with Gasteiger partial charge in [-0.2, -0.15) is 5.26 Å². The minimum atomic E-state index is -1.11. The van der Waals surface area contributed by atoms with Crippen LogP contribution in [0.25, 0.3) is 0 Å². The van der Waals surface area contributed by atoms with Gasteiger partial charge in [0.1, 0.15) is 6.04 Å². The Kier molecular flexibility index (Phi) is 6.09. The first-order valence-electron chi connectivity index (χ1n) is 7.64. The average molecular weight is 322 g/mol. The predicted octanol–water partition coefficient (Wildman–Crippen LogP) is 2.30. The lowest BCUT2D eigenvalue weighted by molar-refractivity contribution is -0.141. The highest BCUT2D eigenvalue weighted by atomic mass is 16.4. The maximum Gasteiger partial charge on any atom is 0.326 e. The van der Waals surface area contributed by atoms with Crippen LogP contribution in [0.5, 0.6) is 0 Å². The van der Waals surface area contributed by atoms with Gasteiger partial charge in [0.2, 0.25) is 5.91 Å². The number of carbonyl (C=O) groups is 2. The van der Waals surface area contributed by atoms with Crippen molar-refractivity contribution in [2.24, 2.45) is 0 Å². The number of carboxylic acid groups (broad SMARTS) is 1. The number of carboxylic acids is 1. The zero-order valence-electron chi connectivity index (χ0n) is 13.1. The van der Waals surface area contributed by atoms with Crippen molar-refractivity contribution in [1.82, 2.24) is 5.32 Å². The van der Waals surface area contributed by atoms with Crippen molar-refractivity contribution in [3.63, 3.8) is 0 Å². The van der Waals surface area contributed by atoms with Crippen molar-refractivity contribution in [2.45, 2.75) is 25.3 Å². The van der Waals surface area contributed by atoms with Crippen molar-refractivity contribution in [2.75, 3.05) is 0 Å². The van der Waals surface area contributed by atoms with Crippen LogP contribution >= 0.6 is 0 Å². The fourth-order valence-electron chi connectivity index (χ4n) is 2.40. The maximum atomic E-state index is 12.0. The monoisotopic (exact) mass is 322 g/mol. The number of aliphatic carboxylic acids is 1. The van der Waals surface area contributed by atoms with E-state index in [-0.39, 0.29) is 18.7 Å². The fourth-order valence-corrected chi connectivity index (χ4v) is 2.40. The third-order valence-corrected chi connectivity index (χ3v) is 3.68. The van der Waals surface area contributed by atoms with E-state index >= 15 is 0 Å². The summed E-state index contributed by atoms with van der Waals surface area (Å²) in [6, 6.07) is 17.3. The Morgan fingerprint density at radius 2 is 1.75 bits per heavy atom. The van der Waals surface area contributed by atoms with Crippen LogP contribution in [0.1, 0.15) is 23.1 Å². The van der Waals surface area contributed by atoms with Crippen LogP contribution in [0.4, 0.5) is 0 Å². The van der Waals surface area contributed by atoms with E-state index in [1.807, 2.05) is 36.4 Å². The quantitative estimate of drug-likeness (QED) is 0.818. The molecule has 0 aromatic heterocycles. The summed E-state index contributed by atoms with van der Waals surface area (Å²) in [7, 11) is 0. The molecule has 0 heterocycles. The average Bonchev–Trinajstić information content (AvgIpc) is 2.60. The minimum Gasteiger partial charge on any atom is -0.480 e. The number of rotatable bonds is 7. The summed E-state index contributed by atoms with van der Waals surface area (Å²) in [4.78, 5) is 23.5. The van der Waals surface area contributed by atoms with E-state index in [0.29, 0.717) is 17.5 Å². The van der Waals surface area contributed by atoms with Gasteiger partial charge in [0.25, 0.3) is 0 Å². The van der Waals surface area contributed by atoms with E-state index in [4.69, 9.17) is 5.26 Å². The molecule has 1 amide bonds. The molecule has 0 aliphatic heterocycles. The third-order valence-electron chi connectivity index (χ3n) is 3.68. The van der Waals surface area contributed by atoms with Gasteiger partial charge >= 0.3 is 5.97 Å². The number of hydrogen-bond acceptors (Lipinski definition) is 3. The molecule has 0 aliphatic rings. The maximum absolute atomic E-state index is 12.0. The number of hydrogen-bond donors (Lipinski definition) is 2. The van der Waals surface area contributed by atoms with Crippen molar-refractivity contribution < 1.29 is 14.7 Å². The Labute approximate surface area is 140 Å². The molecule has 24 heavy (non-hydrogen) atoms. The Morgan fingerprint density at radius 3 is 2.42 bits per heavy atom. The molecule has 2 aromatic rings. The second-order valence-electron chi connectivity index (χ2n) is 5.42. The molecule has 0 aliphatic carbocycles. The van der Waals surface area contributed by atoms with Gasteiger partial charge in [-0.1, -0.05) is 48.5 Å². The van der Waals surface area contributed by atoms with Crippen LogP contribution < -0.4 is 5.32 Å². The van der Waals surface area contributed by atoms with Crippen LogP contribution in [0.2, 0.25) is 0 Å². The van der Waals surface area contributed by atoms with Gasteiger partial charge in [0, 0.05) is 12.8 Å². The predicted molar refractivity (Wildman–Crippen MR) is 89.2 cm³/mol. The zero-order valence-corrected chi connectivity index (χ0v) is 13.1. The molecule has 5 nitrogen and oxygen atoms in total. The topological polar surface area (TPSA) is 90.2 Å². The molecular formula is C19H18N2O3. The number of carbonyl (C=O) groups excluding carboxylic acids is 1. The summed E-state index contributed by atoms with van der Waals surface area (Å²) >= 11 is 0. The molecule has 0 spiro atoms. The van der Waals surface area contributed by atoms with Gasteiger partial charge in [-0.3, -0.25) is 4.79 Å². The standard InChI is InChI=1S/C19H18N2O3/c20-13-16-9-5-4-8-15(16)12-17(19(23)24)21-18(22)11-10-14-6-2-1-3-7-14/h1-9,17H,10-12H2,(H,21,22)(H,23,24)/t17-/m1/s1. The zero-order chi connectivity index (χ0) is 17.4. The normalized spacial score (nSPS) is 11.3. The van der Waals surface area contributed by atoms with Crippen molar-refractivity contribution in [3.8, 4) is 6.07 Å². The van der Waals surface area contributed by atoms with E-state index in [2.05, 4.69) is 5.32 Å². The second kappa shape index (κ2) is 8.49. The van der Waals surface area contributed by atoms with E-state index in [1.54, 1.807) is 24.3 Å². The number of aryl methyl sites for hydroxylation is 1. The van der Waals surface area contributed by atoms with Gasteiger partial charge in [0.15, 0.2) is 0 Å². The molecule has 0 saturated heterocycles. The molecule has 1 atom stereocenters. The third kappa shape index (κ3) is 4.96. The summed E-state index contributed by atoms with van der Waals surface area (Å²) in [6.07, 6.45) is 0.845. The van der Waals surface area contributed by atoms with Gasteiger partial charge < -0.3 is 10.4 Å². The largest absolute Gasteiger partial charge is 0.480 e. The van der Waals surface area contributed by atoms with Crippen LogP contribution in [0, 0.1) is 11.3 Å². The van der Waals surface area contributed by atoms with E-state index in [1.165, 1.54) is 0 Å². The summed E-state index contributed by atoms with van der Waals surface area (Å²) < 4.78 is 0.